The third kappa shape index (κ3) is 5.59. The van der Waals surface area contributed by atoms with Gasteiger partial charge in [0.25, 0.3) is 0 Å². The monoisotopic (exact) mass is 546 g/mol. The molecule has 2 saturated carbocycles. The highest BCUT2D eigenvalue weighted by Crippen LogP contribution is 2.78. The van der Waals surface area contributed by atoms with Gasteiger partial charge in [-0.1, -0.05) is 26.8 Å². The molecule has 2 aliphatic carbocycles. The van der Waals surface area contributed by atoms with Crippen molar-refractivity contribution in [2.75, 3.05) is 13.2 Å². The van der Waals surface area contributed by atoms with Gasteiger partial charge in [-0.15, -0.1) is 0 Å². The Morgan fingerprint density at radius 3 is 2.46 bits per heavy atom. The molecule has 1 aliphatic heterocycles. The van der Waals surface area contributed by atoms with Crippen molar-refractivity contribution in [3.8, 4) is 11.5 Å². The number of aromatic hydroxyl groups is 2. The van der Waals surface area contributed by atoms with Crippen LogP contribution in [0.25, 0.3) is 0 Å². The van der Waals surface area contributed by atoms with Crippen molar-refractivity contribution in [1.82, 2.24) is 10.2 Å². The summed E-state index contributed by atoms with van der Waals surface area (Å²) < 4.78 is 5.62. The van der Waals surface area contributed by atoms with Crippen molar-refractivity contribution in [2.24, 2.45) is 22.7 Å². The first-order valence-electron chi connectivity index (χ1n) is 13.9. The number of nitrogens with one attached hydrogen (secondary N) is 1. The van der Waals surface area contributed by atoms with Crippen LogP contribution in [0.15, 0.2) is 18.2 Å². The molecular formula is C29H42N2O8. The van der Waals surface area contributed by atoms with Gasteiger partial charge in [0.2, 0.25) is 11.8 Å². The first-order valence-corrected chi connectivity index (χ1v) is 13.9. The minimum absolute atomic E-state index is 0.183. The molecule has 0 bridgehead atoms. The van der Waals surface area contributed by atoms with Crippen LogP contribution in [-0.4, -0.2) is 80.6 Å². The first-order chi connectivity index (χ1) is 18.3. The van der Waals surface area contributed by atoms with Gasteiger partial charge in [-0.3, -0.25) is 9.59 Å². The van der Waals surface area contributed by atoms with Crippen LogP contribution in [0.2, 0.25) is 0 Å². The molecule has 39 heavy (non-hydrogen) atoms. The van der Waals surface area contributed by atoms with Crippen LogP contribution in [0, 0.1) is 22.7 Å². The van der Waals surface area contributed by atoms with E-state index >= 15 is 0 Å². The summed E-state index contributed by atoms with van der Waals surface area (Å²) in [7, 11) is 0. The van der Waals surface area contributed by atoms with Crippen LogP contribution in [0.5, 0.6) is 11.5 Å². The van der Waals surface area contributed by atoms with Gasteiger partial charge >= 0.3 is 5.97 Å². The Morgan fingerprint density at radius 2 is 1.85 bits per heavy atom. The van der Waals surface area contributed by atoms with Crippen molar-refractivity contribution in [1.29, 1.82) is 0 Å². The molecule has 7 atom stereocenters. The van der Waals surface area contributed by atoms with E-state index < -0.39 is 42.1 Å². The van der Waals surface area contributed by atoms with Crippen LogP contribution in [0.3, 0.4) is 0 Å². The number of rotatable bonds is 10. The molecule has 4 rings (SSSR count). The normalized spacial score (nSPS) is 29.3. The number of ether oxygens (including phenoxy) is 1. The largest absolute Gasteiger partial charge is 0.504 e. The maximum absolute atomic E-state index is 13.3. The molecule has 1 aromatic carbocycles. The maximum atomic E-state index is 13.3. The number of carbonyl (C=O) groups is 3. The molecule has 7 unspecified atom stereocenters. The highest BCUT2D eigenvalue weighted by molar-refractivity contribution is 5.92. The molecule has 2 amide bonds. The highest BCUT2D eigenvalue weighted by Gasteiger charge is 2.72. The summed E-state index contributed by atoms with van der Waals surface area (Å²) in [6, 6.07) is 1.76. The highest BCUT2D eigenvalue weighted by atomic mass is 16.5. The lowest BCUT2D eigenvalue weighted by atomic mass is 9.88. The first kappa shape index (κ1) is 29.1. The second-order valence-electron chi connectivity index (χ2n) is 12.3. The average molecular weight is 547 g/mol. The van der Waals surface area contributed by atoms with Gasteiger partial charge in [0, 0.05) is 13.0 Å². The Morgan fingerprint density at radius 1 is 1.13 bits per heavy atom. The number of hydrogen-bond acceptors (Lipinski definition) is 8. The molecule has 3 aliphatic rings. The zero-order valence-corrected chi connectivity index (χ0v) is 23.2. The fourth-order valence-electron chi connectivity index (χ4n) is 7.18. The van der Waals surface area contributed by atoms with Crippen LogP contribution >= 0.6 is 0 Å². The summed E-state index contributed by atoms with van der Waals surface area (Å²) in [5, 5.41) is 42.1. The molecule has 0 spiro atoms. The Hall–Kier alpha value is -2.85. The summed E-state index contributed by atoms with van der Waals surface area (Å²) in [6.07, 6.45) is 1.15. The number of fused-ring (bicyclic) bond motifs is 1. The van der Waals surface area contributed by atoms with Crippen LogP contribution in [0.4, 0.5) is 0 Å². The quantitative estimate of drug-likeness (QED) is 0.220. The number of nitrogens with zero attached hydrogens (tertiary/aromatic N) is 1. The second-order valence-corrected chi connectivity index (χ2v) is 12.3. The Balaban J connectivity index is 1.31. The molecule has 5 N–H and O–H groups in total. The van der Waals surface area contributed by atoms with E-state index in [0.717, 1.165) is 12.8 Å². The van der Waals surface area contributed by atoms with E-state index in [0.29, 0.717) is 54.2 Å². The molecular weight excluding hydrogens is 504 g/mol. The number of aliphatic hydroxyl groups is 2. The lowest BCUT2D eigenvalue weighted by molar-refractivity contribution is -0.155. The number of amides is 2. The molecule has 0 radical (unpaired) electrons. The van der Waals surface area contributed by atoms with Crippen LogP contribution < -0.4 is 5.32 Å². The summed E-state index contributed by atoms with van der Waals surface area (Å²) in [6.45, 7) is 8.93. The van der Waals surface area contributed by atoms with E-state index in [9.17, 15) is 34.8 Å². The third-order valence-corrected chi connectivity index (χ3v) is 9.72. The van der Waals surface area contributed by atoms with E-state index in [-0.39, 0.29) is 17.9 Å². The Bertz CT molecular complexity index is 1100. The van der Waals surface area contributed by atoms with Crippen molar-refractivity contribution >= 4 is 17.8 Å². The number of carbonyl (C=O) groups excluding carboxylic acids is 3. The van der Waals surface area contributed by atoms with Gasteiger partial charge < -0.3 is 35.4 Å². The van der Waals surface area contributed by atoms with Crippen LogP contribution in [0.1, 0.15) is 65.4 Å². The minimum atomic E-state index is -1.57. The number of esters is 1. The fourth-order valence-corrected chi connectivity index (χ4v) is 7.18. The molecule has 10 nitrogen and oxygen atoms in total. The fraction of sp³-hybridized carbons (Fsp3) is 0.690. The molecule has 1 saturated heterocycles. The molecule has 10 heteroatoms. The third-order valence-electron chi connectivity index (χ3n) is 9.72. The zero-order chi connectivity index (χ0) is 28.7. The number of phenols is 2. The molecule has 1 heterocycles. The zero-order valence-electron chi connectivity index (χ0n) is 23.2. The topological polar surface area (TPSA) is 157 Å². The van der Waals surface area contributed by atoms with Gasteiger partial charge in [-0.25, -0.2) is 4.79 Å². The average Bonchev–Trinajstić information content (AvgIpc) is 3.29. The smallest absolute Gasteiger partial charge is 0.328 e. The van der Waals surface area contributed by atoms with E-state index in [1.54, 1.807) is 0 Å². The summed E-state index contributed by atoms with van der Waals surface area (Å²) in [5.41, 5.74) is 1.10. The van der Waals surface area contributed by atoms with E-state index in [1.165, 1.54) is 36.4 Å². The van der Waals surface area contributed by atoms with Gasteiger partial charge in [0.05, 0.1) is 12.7 Å². The second kappa shape index (κ2) is 11.0. The Kier molecular flexibility index (Phi) is 8.19. The molecule has 3 fully saturated rings. The van der Waals surface area contributed by atoms with Gasteiger partial charge in [0.15, 0.2) is 11.5 Å². The van der Waals surface area contributed by atoms with Gasteiger partial charge in [0.1, 0.15) is 18.2 Å². The lowest BCUT2D eigenvalue weighted by Gasteiger charge is -2.30. The van der Waals surface area contributed by atoms with E-state index in [2.05, 4.69) is 26.1 Å². The molecule has 1 aromatic rings. The summed E-state index contributed by atoms with van der Waals surface area (Å²) >= 11 is 0. The van der Waals surface area contributed by atoms with E-state index in [4.69, 9.17) is 4.74 Å². The Labute approximate surface area is 229 Å². The van der Waals surface area contributed by atoms with Crippen molar-refractivity contribution in [2.45, 2.75) is 90.5 Å². The maximum Gasteiger partial charge on any atom is 0.328 e. The standard InChI is InChI=1S/C29H42N2O8/c1-16(32)23(30-25(36)22(35)15-17-7-8-20(33)21(34)14-17)26(37)31-12-5-6-19(31)27(38)39-13-10-18-9-11-29(4)24(18)28(29,2)3/h7-8,14,16,18-19,22-24,32-35H,5-6,9-13,15H2,1-4H3,(H,30,36). The molecule has 0 aromatic heterocycles. The predicted molar refractivity (Wildman–Crippen MR) is 142 cm³/mol. The minimum Gasteiger partial charge on any atom is -0.504 e. The van der Waals surface area contributed by atoms with E-state index in [1.807, 2.05) is 0 Å². The lowest BCUT2D eigenvalue weighted by Crippen LogP contribution is -2.57. The molecule has 216 valence electrons. The predicted octanol–water partition coefficient (Wildman–Crippen LogP) is 1.86. The number of aliphatic hydroxyl groups excluding tert-OH is 2. The summed E-state index contributed by atoms with van der Waals surface area (Å²) in [5.74, 6) is -1.50. The number of phenolic OH excluding ortho intramolecular Hbond substituents is 2. The van der Waals surface area contributed by atoms with Crippen LogP contribution in [-0.2, 0) is 25.5 Å². The number of benzene rings is 1. The van der Waals surface area contributed by atoms with Crippen molar-refractivity contribution in [3.63, 3.8) is 0 Å². The van der Waals surface area contributed by atoms with Crippen molar-refractivity contribution < 1.29 is 39.5 Å². The number of hydrogen-bond donors (Lipinski definition) is 5. The van der Waals surface area contributed by atoms with Crippen molar-refractivity contribution in [3.05, 3.63) is 23.8 Å². The SMILES string of the molecule is CC(O)C(NC(=O)C(O)Cc1ccc(O)c(O)c1)C(=O)N1CCCC1C(=O)OCCC1CCC2(C)C1C2(C)C. The summed E-state index contributed by atoms with van der Waals surface area (Å²) in [4.78, 5) is 40.3. The van der Waals surface area contributed by atoms with Gasteiger partial charge in [-0.05, 0) is 79.4 Å². The van der Waals surface area contributed by atoms with Gasteiger partial charge in [-0.2, -0.15) is 0 Å². The number of likely N-dealkylation sites (tertiary alicyclic amines) is 1.